The van der Waals surface area contributed by atoms with E-state index in [1.165, 1.54) is 25.7 Å². The first-order valence-electron chi connectivity index (χ1n) is 9.45. The molecule has 2 aromatic carbocycles. The molecule has 1 aliphatic heterocycles. The molecule has 0 aliphatic carbocycles. The van der Waals surface area contributed by atoms with Crippen LogP contribution in [-0.4, -0.2) is 41.8 Å². The Labute approximate surface area is 161 Å². The first kappa shape index (κ1) is 19.2. The van der Waals surface area contributed by atoms with Crippen LogP contribution >= 0.6 is 11.6 Å². The third-order valence-electron chi connectivity index (χ3n) is 4.84. The van der Waals surface area contributed by atoms with Crippen LogP contribution < -0.4 is 4.74 Å². The van der Waals surface area contributed by atoms with E-state index < -0.39 is 5.60 Å². The van der Waals surface area contributed by atoms with Crippen molar-refractivity contribution in [1.82, 2.24) is 4.90 Å². The molecule has 0 aromatic heterocycles. The van der Waals surface area contributed by atoms with Crippen molar-refractivity contribution >= 4 is 11.6 Å². The molecule has 0 radical (unpaired) electrons. The fraction of sp³-hybridized carbons (Fsp3) is 0.455. The summed E-state index contributed by atoms with van der Waals surface area (Å²) in [5.74, 6) is 0.777. The first-order valence-corrected chi connectivity index (χ1v) is 9.83. The number of benzene rings is 2. The fourth-order valence-corrected chi connectivity index (χ4v) is 3.57. The van der Waals surface area contributed by atoms with Crippen molar-refractivity contribution in [2.75, 3.05) is 26.2 Å². The topological polar surface area (TPSA) is 32.7 Å². The van der Waals surface area contributed by atoms with Crippen molar-refractivity contribution in [3.05, 3.63) is 53.6 Å². The standard InChI is InChI=1S/C22H28ClNO2/c1-22(25,16-24-14-4-2-3-5-15-24)17-26-21-12-8-19(9-13-21)18-6-10-20(23)11-7-18/h6-13,25H,2-5,14-17H2,1H3. The Hall–Kier alpha value is -1.55. The van der Waals surface area contributed by atoms with E-state index in [1.807, 2.05) is 55.5 Å². The van der Waals surface area contributed by atoms with Gasteiger partial charge in [-0.3, -0.25) is 0 Å². The highest BCUT2D eigenvalue weighted by molar-refractivity contribution is 6.30. The van der Waals surface area contributed by atoms with Crippen LogP contribution in [0.4, 0.5) is 0 Å². The molecule has 1 saturated heterocycles. The van der Waals surface area contributed by atoms with E-state index in [9.17, 15) is 5.11 Å². The van der Waals surface area contributed by atoms with Crippen LogP contribution in [0.3, 0.4) is 0 Å². The van der Waals surface area contributed by atoms with Gasteiger partial charge in [0.2, 0.25) is 0 Å². The highest BCUT2D eigenvalue weighted by Gasteiger charge is 2.25. The molecule has 1 heterocycles. The molecule has 1 N–H and O–H groups in total. The van der Waals surface area contributed by atoms with Gasteiger partial charge in [0.25, 0.3) is 0 Å². The third kappa shape index (κ3) is 5.73. The van der Waals surface area contributed by atoms with E-state index in [2.05, 4.69) is 4.90 Å². The molecule has 1 aliphatic rings. The summed E-state index contributed by atoms with van der Waals surface area (Å²) in [4.78, 5) is 2.36. The van der Waals surface area contributed by atoms with Gasteiger partial charge in [-0.1, -0.05) is 48.7 Å². The minimum Gasteiger partial charge on any atom is -0.491 e. The molecule has 4 heteroatoms. The van der Waals surface area contributed by atoms with E-state index in [-0.39, 0.29) is 0 Å². The molecular weight excluding hydrogens is 346 g/mol. The predicted octanol–water partition coefficient (Wildman–Crippen LogP) is 5.01. The highest BCUT2D eigenvalue weighted by atomic mass is 35.5. The lowest BCUT2D eigenvalue weighted by Gasteiger charge is -2.30. The summed E-state index contributed by atoms with van der Waals surface area (Å²) < 4.78 is 5.86. The molecule has 1 unspecified atom stereocenters. The fourth-order valence-electron chi connectivity index (χ4n) is 3.45. The van der Waals surface area contributed by atoms with Crippen molar-refractivity contribution in [3.63, 3.8) is 0 Å². The quantitative estimate of drug-likeness (QED) is 0.772. The Morgan fingerprint density at radius 3 is 2.04 bits per heavy atom. The van der Waals surface area contributed by atoms with Crippen molar-refractivity contribution in [2.45, 2.75) is 38.2 Å². The molecule has 0 saturated carbocycles. The van der Waals surface area contributed by atoms with E-state index in [1.54, 1.807) is 0 Å². The second kappa shape index (κ2) is 8.90. The van der Waals surface area contributed by atoms with Crippen LogP contribution in [0.5, 0.6) is 5.75 Å². The molecule has 0 bridgehead atoms. The number of likely N-dealkylation sites (tertiary alicyclic amines) is 1. The van der Waals surface area contributed by atoms with Crippen molar-refractivity contribution in [1.29, 1.82) is 0 Å². The average molecular weight is 374 g/mol. The lowest BCUT2D eigenvalue weighted by atomic mass is 10.1. The molecule has 2 aromatic rings. The SMILES string of the molecule is CC(O)(COc1ccc(-c2ccc(Cl)cc2)cc1)CN1CCCCCC1. The van der Waals surface area contributed by atoms with Gasteiger partial charge in [0.15, 0.2) is 0 Å². The molecule has 3 nitrogen and oxygen atoms in total. The van der Waals surface area contributed by atoms with Gasteiger partial charge in [0.1, 0.15) is 18.0 Å². The molecule has 140 valence electrons. The lowest BCUT2D eigenvalue weighted by Crippen LogP contribution is -2.45. The van der Waals surface area contributed by atoms with Gasteiger partial charge in [0, 0.05) is 11.6 Å². The summed E-state index contributed by atoms with van der Waals surface area (Å²) in [6.45, 7) is 4.97. The second-order valence-electron chi connectivity index (χ2n) is 7.51. The molecule has 3 rings (SSSR count). The van der Waals surface area contributed by atoms with Crippen molar-refractivity contribution in [2.24, 2.45) is 0 Å². The van der Waals surface area contributed by atoms with Gasteiger partial charge in [-0.2, -0.15) is 0 Å². The van der Waals surface area contributed by atoms with Gasteiger partial charge in [-0.05, 0) is 68.2 Å². The van der Waals surface area contributed by atoms with E-state index >= 15 is 0 Å². The number of hydrogen-bond acceptors (Lipinski definition) is 3. The number of β-amino-alcohol motifs (C(OH)–C–C–N with tert-alkyl or cyclic N) is 1. The van der Waals surface area contributed by atoms with Gasteiger partial charge in [-0.25, -0.2) is 0 Å². The Morgan fingerprint density at radius 2 is 1.46 bits per heavy atom. The Morgan fingerprint density at radius 1 is 0.923 bits per heavy atom. The minimum absolute atomic E-state index is 0.295. The van der Waals surface area contributed by atoms with Crippen LogP contribution in [0.2, 0.25) is 5.02 Å². The Balaban J connectivity index is 1.54. The number of aliphatic hydroxyl groups is 1. The minimum atomic E-state index is -0.848. The largest absolute Gasteiger partial charge is 0.491 e. The zero-order valence-electron chi connectivity index (χ0n) is 15.5. The summed E-state index contributed by atoms with van der Waals surface area (Å²) in [5.41, 5.74) is 1.39. The summed E-state index contributed by atoms with van der Waals surface area (Å²) in [5, 5.41) is 11.4. The highest BCUT2D eigenvalue weighted by Crippen LogP contribution is 2.24. The predicted molar refractivity (Wildman–Crippen MR) is 108 cm³/mol. The van der Waals surface area contributed by atoms with E-state index in [0.717, 1.165) is 35.0 Å². The molecule has 0 amide bonds. The smallest absolute Gasteiger partial charge is 0.119 e. The number of nitrogens with zero attached hydrogens (tertiary/aromatic N) is 1. The summed E-state index contributed by atoms with van der Waals surface area (Å²) in [6, 6.07) is 15.7. The molecule has 0 spiro atoms. The van der Waals surface area contributed by atoms with Crippen molar-refractivity contribution < 1.29 is 9.84 Å². The average Bonchev–Trinajstić information content (AvgIpc) is 2.89. The number of rotatable bonds is 6. The zero-order valence-corrected chi connectivity index (χ0v) is 16.2. The monoisotopic (exact) mass is 373 g/mol. The summed E-state index contributed by atoms with van der Waals surface area (Å²) in [7, 11) is 0. The first-order chi connectivity index (χ1) is 12.5. The maximum atomic E-state index is 10.7. The van der Waals surface area contributed by atoms with Gasteiger partial charge >= 0.3 is 0 Å². The van der Waals surface area contributed by atoms with E-state index in [0.29, 0.717) is 13.2 Å². The van der Waals surface area contributed by atoms with Crippen LogP contribution in [-0.2, 0) is 0 Å². The van der Waals surface area contributed by atoms with Gasteiger partial charge in [0.05, 0.1) is 0 Å². The summed E-state index contributed by atoms with van der Waals surface area (Å²) in [6.07, 6.45) is 5.05. The Kier molecular flexibility index (Phi) is 6.58. The second-order valence-corrected chi connectivity index (χ2v) is 7.94. The number of halogens is 1. The zero-order chi connectivity index (χ0) is 18.4. The van der Waals surface area contributed by atoms with E-state index in [4.69, 9.17) is 16.3 Å². The van der Waals surface area contributed by atoms with Crippen LogP contribution in [0.1, 0.15) is 32.6 Å². The molecule has 26 heavy (non-hydrogen) atoms. The number of ether oxygens (including phenoxy) is 1. The van der Waals surface area contributed by atoms with Crippen LogP contribution in [0.15, 0.2) is 48.5 Å². The molecule has 1 fully saturated rings. The maximum absolute atomic E-state index is 10.7. The normalized spacial score (nSPS) is 18.1. The number of hydrogen-bond donors (Lipinski definition) is 1. The third-order valence-corrected chi connectivity index (χ3v) is 5.10. The van der Waals surface area contributed by atoms with Crippen LogP contribution in [0.25, 0.3) is 11.1 Å². The van der Waals surface area contributed by atoms with Gasteiger partial charge < -0.3 is 14.7 Å². The Bertz CT molecular complexity index is 674. The van der Waals surface area contributed by atoms with Gasteiger partial charge in [-0.15, -0.1) is 0 Å². The molecule has 1 atom stereocenters. The summed E-state index contributed by atoms with van der Waals surface area (Å²) >= 11 is 5.94. The lowest BCUT2D eigenvalue weighted by molar-refractivity contribution is -0.0168. The van der Waals surface area contributed by atoms with Crippen LogP contribution in [0, 0.1) is 0 Å². The molecular formula is C22H28ClNO2. The van der Waals surface area contributed by atoms with Crippen molar-refractivity contribution in [3.8, 4) is 16.9 Å². The maximum Gasteiger partial charge on any atom is 0.119 e.